The Hall–Kier alpha value is -3.20. The SMILES string of the molecule is CC[C@H](C)CN(C(=O)Cn1ccnc1)N(C(=O)CCC(C)C)[C@@H](CCCc1ccccc1)C(=O)NO. The molecule has 1 heterocycles. The second-order valence-corrected chi connectivity index (χ2v) is 9.76. The molecular formula is C27H41N5O4. The molecule has 2 atom stereocenters. The number of hydroxylamine groups is 1. The van der Waals surface area contributed by atoms with Crippen LogP contribution in [0.3, 0.4) is 0 Å². The van der Waals surface area contributed by atoms with Gasteiger partial charge in [0, 0.05) is 25.4 Å². The number of hydrazine groups is 1. The molecule has 0 radical (unpaired) electrons. The van der Waals surface area contributed by atoms with Gasteiger partial charge in [-0.15, -0.1) is 0 Å². The van der Waals surface area contributed by atoms with E-state index < -0.39 is 11.9 Å². The summed E-state index contributed by atoms with van der Waals surface area (Å²) in [4.78, 5) is 44.1. The lowest BCUT2D eigenvalue weighted by Crippen LogP contribution is -2.60. The normalized spacial score (nSPS) is 12.7. The number of aromatic nitrogens is 2. The number of imidazole rings is 1. The first-order chi connectivity index (χ1) is 17.3. The Labute approximate surface area is 214 Å². The Kier molecular flexibility index (Phi) is 12.1. The minimum absolute atomic E-state index is 0.0120. The molecule has 9 heteroatoms. The van der Waals surface area contributed by atoms with Crippen LogP contribution in [0.1, 0.15) is 65.4 Å². The van der Waals surface area contributed by atoms with Crippen molar-refractivity contribution in [3.05, 3.63) is 54.6 Å². The van der Waals surface area contributed by atoms with Crippen LogP contribution >= 0.6 is 0 Å². The fourth-order valence-electron chi connectivity index (χ4n) is 3.94. The van der Waals surface area contributed by atoms with Gasteiger partial charge in [-0.1, -0.05) is 64.4 Å². The number of carbonyl (C=O) groups is 3. The van der Waals surface area contributed by atoms with Gasteiger partial charge in [0.25, 0.3) is 11.8 Å². The lowest BCUT2D eigenvalue weighted by atomic mass is 10.0. The number of rotatable bonds is 14. The number of nitrogens with one attached hydrogen (secondary N) is 1. The zero-order valence-corrected chi connectivity index (χ0v) is 22.0. The Morgan fingerprint density at radius 1 is 1.08 bits per heavy atom. The number of benzene rings is 1. The summed E-state index contributed by atoms with van der Waals surface area (Å²) in [6.07, 6.45) is 8.04. The molecule has 0 aliphatic heterocycles. The predicted octanol–water partition coefficient (Wildman–Crippen LogP) is 3.83. The predicted molar refractivity (Wildman–Crippen MR) is 137 cm³/mol. The average molecular weight is 500 g/mol. The quantitative estimate of drug-likeness (QED) is 0.303. The van der Waals surface area contributed by atoms with Gasteiger partial charge in [0.15, 0.2) is 0 Å². The summed E-state index contributed by atoms with van der Waals surface area (Å²) < 4.78 is 1.64. The molecule has 0 unspecified atom stereocenters. The fraction of sp³-hybridized carbons (Fsp3) is 0.556. The van der Waals surface area contributed by atoms with Gasteiger partial charge in [-0.05, 0) is 43.1 Å². The third-order valence-corrected chi connectivity index (χ3v) is 6.29. The molecule has 2 N–H and O–H groups in total. The molecule has 36 heavy (non-hydrogen) atoms. The lowest BCUT2D eigenvalue weighted by Gasteiger charge is -2.40. The van der Waals surface area contributed by atoms with Crippen LogP contribution in [-0.4, -0.2) is 55.1 Å². The summed E-state index contributed by atoms with van der Waals surface area (Å²) in [6.45, 7) is 8.34. The molecule has 198 valence electrons. The van der Waals surface area contributed by atoms with Gasteiger partial charge in [-0.3, -0.25) is 19.6 Å². The molecule has 1 aromatic carbocycles. The van der Waals surface area contributed by atoms with Gasteiger partial charge in [-0.25, -0.2) is 20.5 Å². The zero-order valence-electron chi connectivity index (χ0n) is 22.0. The van der Waals surface area contributed by atoms with Crippen molar-refractivity contribution in [2.24, 2.45) is 11.8 Å². The van der Waals surface area contributed by atoms with Crippen molar-refractivity contribution >= 4 is 17.7 Å². The number of hydrogen-bond acceptors (Lipinski definition) is 5. The molecule has 0 aliphatic carbocycles. The van der Waals surface area contributed by atoms with Gasteiger partial charge < -0.3 is 4.57 Å². The highest BCUT2D eigenvalue weighted by molar-refractivity contribution is 5.89. The molecule has 0 aliphatic rings. The molecule has 2 rings (SSSR count). The molecule has 9 nitrogen and oxygen atoms in total. The number of nitrogens with zero attached hydrogens (tertiary/aromatic N) is 4. The maximum atomic E-state index is 13.6. The molecule has 2 aromatic rings. The minimum Gasteiger partial charge on any atom is -0.328 e. The summed E-state index contributed by atoms with van der Waals surface area (Å²) in [7, 11) is 0. The van der Waals surface area contributed by atoms with Crippen molar-refractivity contribution in [2.45, 2.75) is 78.8 Å². The van der Waals surface area contributed by atoms with Crippen LogP contribution in [0.4, 0.5) is 0 Å². The van der Waals surface area contributed by atoms with E-state index >= 15 is 0 Å². The van der Waals surface area contributed by atoms with E-state index in [-0.39, 0.29) is 43.2 Å². The van der Waals surface area contributed by atoms with E-state index in [2.05, 4.69) is 4.98 Å². The van der Waals surface area contributed by atoms with Crippen molar-refractivity contribution in [2.75, 3.05) is 6.54 Å². The highest BCUT2D eigenvalue weighted by atomic mass is 16.5. The van der Waals surface area contributed by atoms with Crippen LogP contribution in [0.25, 0.3) is 0 Å². The van der Waals surface area contributed by atoms with E-state index in [9.17, 15) is 19.6 Å². The highest BCUT2D eigenvalue weighted by Crippen LogP contribution is 2.20. The van der Waals surface area contributed by atoms with Crippen molar-refractivity contribution in [3.8, 4) is 0 Å². The maximum Gasteiger partial charge on any atom is 0.268 e. The van der Waals surface area contributed by atoms with Crippen LogP contribution < -0.4 is 5.48 Å². The van der Waals surface area contributed by atoms with Crippen molar-refractivity contribution in [3.63, 3.8) is 0 Å². The summed E-state index contributed by atoms with van der Waals surface area (Å²) in [5.74, 6) is -0.946. The highest BCUT2D eigenvalue weighted by Gasteiger charge is 2.36. The first-order valence-electron chi connectivity index (χ1n) is 12.8. The van der Waals surface area contributed by atoms with E-state index in [1.165, 1.54) is 10.0 Å². The van der Waals surface area contributed by atoms with Crippen molar-refractivity contribution < 1.29 is 19.6 Å². The zero-order chi connectivity index (χ0) is 26.5. The molecule has 0 spiro atoms. The summed E-state index contributed by atoms with van der Waals surface area (Å²) in [5, 5.41) is 12.3. The van der Waals surface area contributed by atoms with E-state index in [1.807, 2.05) is 58.0 Å². The summed E-state index contributed by atoms with van der Waals surface area (Å²) >= 11 is 0. The second kappa shape index (κ2) is 15.0. The molecular weight excluding hydrogens is 458 g/mol. The summed E-state index contributed by atoms with van der Waals surface area (Å²) in [6, 6.07) is 8.86. The number of amides is 3. The van der Waals surface area contributed by atoms with Gasteiger partial charge in [0.05, 0.1) is 6.33 Å². The smallest absolute Gasteiger partial charge is 0.268 e. The van der Waals surface area contributed by atoms with Crippen LogP contribution in [0.15, 0.2) is 49.1 Å². The van der Waals surface area contributed by atoms with E-state index in [0.29, 0.717) is 25.7 Å². The standard InChI is InChI=1S/C27H41N5O4/c1-5-22(4)18-31(26(34)19-30-17-16-28-20-30)32(25(33)15-14-21(2)3)24(27(35)29-36)13-9-12-23-10-7-6-8-11-23/h6-8,10-11,16-17,20-22,24,36H,5,9,12-15,18-19H2,1-4H3,(H,29,35)/t22-,24-/m0/s1. The Morgan fingerprint density at radius 2 is 1.81 bits per heavy atom. The van der Waals surface area contributed by atoms with Gasteiger partial charge in [-0.2, -0.15) is 0 Å². The molecule has 1 aromatic heterocycles. The second-order valence-electron chi connectivity index (χ2n) is 9.76. The number of aryl methyl sites for hydroxylation is 1. The Balaban J connectivity index is 2.39. The fourth-order valence-corrected chi connectivity index (χ4v) is 3.94. The van der Waals surface area contributed by atoms with Gasteiger partial charge >= 0.3 is 0 Å². The van der Waals surface area contributed by atoms with Crippen LogP contribution in [0.2, 0.25) is 0 Å². The monoisotopic (exact) mass is 499 g/mol. The maximum absolute atomic E-state index is 13.6. The number of carbonyl (C=O) groups excluding carboxylic acids is 3. The molecule has 0 fully saturated rings. The molecule has 0 saturated carbocycles. The van der Waals surface area contributed by atoms with E-state index in [1.54, 1.807) is 28.8 Å². The summed E-state index contributed by atoms with van der Waals surface area (Å²) in [5.41, 5.74) is 2.85. The van der Waals surface area contributed by atoms with Crippen molar-refractivity contribution in [1.82, 2.24) is 25.0 Å². The Morgan fingerprint density at radius 3 is 2.39 bits per heavy atom. The van der Waals surface area contributed by atoms with Gasteiger partial charge in [0.1, 0.15) is 12.6 Å². The Bertz CT molecular complexity index is 933. The minimum atomic E-state index is -1.02. The lowest BCUT2D eigenvalue weighted by molar-refractivity contribution is -0.176. The molecule has 0 saturated heterocycles. The van der Waals surface area contributed by atoms with Crippen LogP contribution in [0, 0.1) is 11.8 Å². The third-order valence-electron chi connectivity index (χ3n) is 6.29. The number of hydrogen-bond donors (Lipinski definition) is 2. The van der Waals surface area contributed by atoms with Gasteiger partial charge in [0.2, 0.25) is 5.91 Å². The topological polar surface area (TPSA) is 108 Å². The first-order valence-corrected chi connectivity index (χ1v) is 12.8. The van der Waals surface area contributed by atoms with Crippen molar-refractivity contribution in [1.29, 1.82) is 0 Å². The van der Waals surface area contributed by atoms with E-state index in [0.717, 1.165) is 12.0 Å². The molecule has 0 bridgehead atoms. The van der Waals surface area contributed by atoms with Crippen LogP contribution in [0.5, 0.6) is 0 Å². The first kappa shape index (κ1) is 29.0. The molecule has 3 amide bonds. The van der Waals surface area contributed by atoms with Crippen LogP contribution in [-0.2, 0) is 27.3 Å². The average Bonchev–Trinajstić information content (AvgIpc) is 3.38. The largest absolute Gasteiger partial charge is 0.328 e. The van der Waals surface area contributed by atoms with E-state index in [4.69, 9.17) is 0 Å². The third kappa shape index (κ3) is 9.11.